The zero-order valence-corrected chi connectivity index (χ0v) is 12.0. The van der Waals surface area contributed by atoms with E-state index >= 15 is 0 Å². The van der Waals surface area contributed by atoms with Gasteiger partial charge in [0.15, 0.2) is 0 Å². The highest BCUT2D eigenvalue weighted by Crippen LogP contribution is 2.34. The third-order valence-corrected chi connectivity index (χ3v) is 3.92. The summed E-state index contributed by atoms with van der Waals surface area (Å²) in [6, 6.07) is -1.16. The number of carboxylic acid groups (broad SMARTS) is 1. The zero-order chi connectivity index (χ0) is 14.3. The van der Waals surface area contributed by atoms with Crippen LogP contribution >= 0.6 is 0 Å². The van der Waals surface area contributed by atoms with Crippen molar-refractivity contribution in [2.45, 2.75) is 64.8 Å². The molecule has 0 bridgehead atoms. The van der Waals surface area contributed by atoms with Crippen molar-refractivity contribution in [3.8, 4) is 0 Å². The van der Waals surface area contributed by atoms with E-state index in [1.807, 2.05) is 6.92 Å². The number of amides is 2. The fraction of sp³-hybridized carbons (Fsp3) is 0.857. The second kappa shape index (κ2) is 7.36. The first-order valence-electron chi connectivity index (χ1n) is 7.24. The average Bonchev–Trinajstić information content (AvgIpc) is 2.37. The van der Waals surface area contributed by atoms with E-state index in [-0.39, 0.29) is 11.4 Å². The van der Waals surface area contributed by atoms with Gasteiger partial charge in [0.1, 0.15) is 6.04 Å². The van der Waals surface area contributed by atoms with Crippen LogP contribution in [0.1, 0.15) is 58.8 Å². The number of urea groups is 1. The Labute approximate surface area is 115 Å². The molecule has 5 nitrogen and oxygen atoms in total. The lowest BCUT2D eigenvalue weighted by atomic mass is 9.76. The normalized spacial score (nSPS) is 19.5. The van der Waals surface area contributed by atoms with Crippen LogP contribution in [0.5, 0.6) is 0 Å². The van der Waals surface area contributed by atoms with E-state index in [4.69, 9.17) is 5.11 Å². The summed E-state index contributed by atoms with van der Waals surface area (Å²) in [5.74, 6) is -0.971. The summed E-state index contributed by atoms with van der Waals surface area (Å²) in [6.45, 7) is 4.71. The highest BCUT2D eigenvalue weighted by Gasteiger charge is 2.27. The number of carbonyl (C=O) groups excluding carboxylic acids is 1. The summed E-state index contributed by atoms with van der Waals surface area (Å²) in [5, 5.41) is 14.3. The van der Waals surface area contributed by atoms with Gasteiger partial charge in [-0.05, 0) is 24.7 Å². The lowest BCUT2D eigenvalue weighted by molar-refractivity contribution is -0.139. The molecule has 5 heteroatoms. The molecular formula is C14H26N2O3. The van der Waals surface area contributed by atoms with Gasteiger partial charge < -0.3 is 15.7 Å². The fourth-order valence-electron chi connectivity index (χ4n) is 2.63. The van der Waals surface area contributed by atoms with Crippen molar-refractivity contribution < 1.29 is 14.7 Å². The van der Waals surface area contributed by atoms with E-state index in [2.05, 4.69) is 17.6 Å². The van der Waals surface area contributed by atoms with Gasteiger partial charge in [0.05, 0.1) is 0 Å². The van der Waals surface area contributed by atoms with Crippen LogP contribution in [0.15, 0.2) is 0 Å². The minimum absolute atomic E-state index is 0.166. The first-order valence-corrected chi connectivity index (χ1v) is 7.24. The summed E-state index contributed by atoms with van der Waals surface area (Å²) in [6.07, 6.45) is 7.16. The molecular weight excluding hydrogens is 244 g/mol. The molecule has 3 N–H and O–H groups in total. The molecule has 0 spiro atoms. The molecule has 1 fully saturated rings. The van der Waals surface area contributed by atoms with E-state index < -0.39 is 12.0 Å². The standard InChI is InChI=1S/C14H26N2O3/c1-3-7-11(12(17)18)16-13(19)15-10-14(2)8-5-4-6-9-14/h11H,3-10H2,1-2H3,(H,17,18)(H2,15,16,19)/t11-/m1/s1. The SMILES string of the molecule is CCC[C@@H](NC(=O)NCC1(C)CCCCC1)C(=O)O. The van der Waals surface area contributed by atoms with Crippen LogP contribution in [0.25, 0.3) is 0 Å². The highest BCUT2D eigenvalue weighted by molar-refractivity contribution is 5.82. The number of nitrogens with one attached hydrogen (secondary N) is 2. The summed E-state index contributed by atoms with van der Waals surface area (Å²) < 4.78 is 0. The molecule has 0 aliphatic heterocycles. The van der Waals surface area contributed by atoms with Crippen molar-refractivity contribution in [1.29, 1.82) is 0 Å². The van der Waals surface area contributed by atoms with E-state index in [1.54, 1.807) is 0 Å². The lowest BCUT2D eigenvalue weighted by Gasteiger charge is -2.33. The quantitative estimate of drug-likeness (QED) is 0.694. The minimum Gasteiger partial charge on any atom is -0.480 e. The van der Waals surface area contributed by atoms with Crippen LogP contribution in [0.2, 0.25) is 0 Å². The van der Waals surface area contributed by atoms with Crippen molar-refractivity contribution in [1.82, 2.24) is 10.6 Å². The molecule has 0 heterocycles. The zero-order valence-electron chi connectivity index (χ0n) is 12.0. The van der Waals surface area contributed by atoms with Gasteiger partial charge in [-0.2, -0.15) is 0 Å². The van der Waals surface area contributed by atoms with Gasteiger partial charge in [-0.1, -0.05) is 39.5 Å². The maximum atomic E-state index is 11.7. The largest absolute Gasteiger partial charge is 0.480 e. The Morgan fingerprint density at radius 1 is 1.26 bits per heavy atom. The first-order chi connectivity index (χ1) is 8.97. The molecule has 1 saturated carbocycles. The summed E-state index contributed by atoms with van der Waals surface area (Å²) in [4.78, 5) is 22.7. The number of hydrogen-bond donors (Lipinski definition) is 3. The van der Waals surface area contributed by atoms with Crippen molar-refractivity contribution in [2.75, 3.05) is 6.54 Å². The van der Waals surface area contributed by atoms with Gasteiger partial charge in [-0.3, -0.25) is 0 Å². The van der Waals surface area contributed by atoms with Gasteiger partial charge in [-0.15, -0.1) is 0 Å². The van der Waals surface area contributed by atoms with E-state index in [9.17, 15) is 9.59 Å². The van der Waals surface area contributed by atoms with Crippen LogP contribution in [-0.2, 0) is 4.79 Å². The number of hydrogen-bond acceptors (Lipinski definition) is 2. The molecule has 1 aliphatic rings. The Hall–Kier alpha value is -1.26. The molecule has 0 radical (unpaired) electrons. The summed E-state index contributed by atoms with van der Waals surface area (Å²) >= 11 is 0. The smallest absolute Gasteiger partial charge is 0.326 e. The van der Waals surface area contributed by atoms with Gasteiger partial charge in [-0.25, -0.2) is 9.59 Å². The van der Waals surface area contributed by atoms with Gasteiger partial charge in [0.2, 0.25) is 0 Å². The van der Waals surface area contributed by atoms with Crippen molar-refractivity contribution >= 4 is 12.0 Å². The predicted molar refractivity (Wildman–Crippen MR) is 74.1 cm³/mol. The number of aliphatic carboxylic acids is 1. The number of carboxylic acids is 1. The highest BCUT2D eigenvalue weighted by atomic mass is 16.4. The van der Waals surface area contributed by atoms with Crippen LogP contribution in [0.3, 0.4) is 0 Å². The minimum atomic E-state index is -0.971. The second-order valence-corrected chi connectivity index (χ2v) is 5.88. The molecule has 0 aromatic heterocycles. The van der Waals surface area contributed by atoms with Gasteiger partial charge in [0, 0.05) is 6.54 Å². The molecule has 1 aliphatic carbocycles. The molecule has 0 saturated heterocycles. The number of rotatable bonds is 6. The van der Waals surface area contributed by atoms with Crippen molar-refractivity contribution in [2.24, 2.45) is 5.41 Å². The average molecular weight is 270 g/mol. The molecule has 1 rings (SSSR count). The Kier molecular flexibility index (Phi) is 6.12. The molecule has 0 aromatic carbocycles. The van der Waals surface area contributed by atoms with Crippen molar-refractivity contribution in [3.63, 3.8) is 0 Å². The Morgan fingerprint density at radius 2 is 1.89 bits per heavy atom. The molecule has 1 atom stereocenters. The third kappa shape index (κ3) is 5.49. The van der Waals surface area contributed by atoms with E-state index in [0.717, 1.165) is 19.3 Å². The Morgan fingerprint density at radius 3 is 2.42 bits per heavy atom. The van der Waals surface area contributed by atoms with Gasteiger partial charge in [0.25, 0.3) is 0 Å². The summed E-state index contributed by atoms with van der Waals surface area (Å²) in [7, 11) is 0. The molecule has 0 aromatic rings. The molecule has 0 unspecified atom stereocenters. The molecule has 19 heavy (non-hydrogen) atoms. The Balaban J connectivity index is 2.35. The van der Waals surface area contributed by atoms with Gasteiger partial charge >= 0.3 is 12.0 Å². The topological polar surface area (TPSA) is 78.4 Å². The first kappa shape index (κ1) is 15.8. The van der Waals surface area contributed by atoms with Crippen LogP contribution < -0.4 is 10.6 Å². The second-order valence-electron chi connectivity index (χ2n) is 5.88. The third-order valence-electron chi connectivity index (χ3n) is 3.92. The van der Waals surface area contributed by atoms with Crippen LogP contribution in [0, 0.1) is 5.41 Å². The predicted octanol–water partition coefficient (Wildman–Crippen LogP) is 2.51. The maximum absolute atomic E-state index is 11.7. The monoisotopic (exact) mass is 270 g/mol. The van der Waals surface area contributed by atoms with E-state index in [0.29, 0.717) is 13.0 Å². The van der Waals surface area contributed by atoms with Crippen LogP contribution in [-0.4, -0.2) is 29.7 Å². The lowest BCUT2D eigenvalue weighted by Crippen LogP contribution is -2.48. The van der Waals surface area contributed by atoms with E-state index in [1.165, 1.54) is 19.3 Å². The summed E-state index contributed by atoms with van der Waals surface area (Å²) in [5.41, 5.74) is 0.166. The fourth-order valence-corrected chi connectivity index (χ4v) is 2.63. The number of carbonyl (C=O) groups is 2. The molecule has 2 amide bonds. The van der Waals surface area contributed by atoms with Crippen LogP contribution in [0.4, 0.5) is 4.79 Å². The van der Waals surface area contributed by atoms with Crippen molar-refractivity contribution in [3.05, 3.63) is 0 Å². The maximum Gasteiger partial charge on any atom is 0.326 e. The Bertz CT molecular complexity index is 312. The molecule has 110 valence electrons.